The lowest BCUT2D eigenvalue weighted by Crippen LogP contribution is -2.65. The number of amides is 4. The molecule has 2 aliphatic rings. The Morgan fingerprint density at radius 2 is 1.83 bits per heavy atom. The van der Waals surface area contributed by atoms with Crippen LogP contribution in [0.25, 0.3) is 0 Å². The molecule has 4 amide bonds. The maximum atomic E-state index is 13.2. The summed E-state index contributed by atoms with van der Waals surface area (Å²) >= 11 is 12.0. The SMILES string of the molecule is CN1C=C(C(=O)Nc2ccc(Cl)cc2Cl)C2NC(=O)N(c3ccc(F)cc3)C(=O)C21. The number of nitrogens with one attached hydrogen (secondary N) is 2. The minimum Gasteiger partial charge on any atom is -0.366 e. The minimum absolute atomic E-state index is 0.203. The third-order valence-corrected chi connectivity index (χ3v) is 5.46. The highest BCUT2D eigenvalue weighted by Gasteiger charge is 2.49. The van der Waals surface area contributed by atoms with Crippen LogP contribution in [0.15, 0.2) is 54.2 Å². The monoisotopic (exact) mass is 448 g/mol. The van der Waals surface area contributed by atoms with E-state index in [0.29, 0.717) is 10.7 Å². The normalized spacial score (nSPS) is 20.6. The lowest BCUT2D eigenvalue weighted by Gasteiger charge is -2.37. The molecule has 10 heteroatoms. The minimum atomic E-state index is -0.849. The van der Waals surface area contributed by atoms with Crippen molar-refractivity contribution < 1.29 is 18.8 Å². The predicted octanol–water partition coefficient (Wildman–Crippen LogP) is 3.39. The van der Waals surface area contributed by atoms with Gasteiger partial charge in [0.05, 0.1) is 28.0 Å². The Hall–Kier alpha value is -3.10. The van der Waals surface area contributed by atoms with E-state index in [0.717, 1.165) is 17.0 Å². The van der Waals surface area contributed by atoms with Crippen molar-refractivity contribution in [3.05, 3.63) is 70.1 Å². The van der Waals surface area contributed by atoms with Crippen LogP contribution in [0.2, 0.25) is 10.0 Å². The van der Waals surface area contributed by atoms with Crippen molar-refractivity contribution in [2.24, 2.45) is 0 Å². The van der Waals surface area contributed by atoms with Crippen molar-refractivity contribution in [1.82, 2.24) is 10.2 Å². The fraction of sp³-hybridized carbons (Fsp3) is 0.150. The number of carbonyl (C=O) groups excluding carboxylic acids is 3. The van der Waals surface area contributed by atoms with E-state index in [9.17, 15) is 18.8 Å². The first-order valence-corrected chi connectivity index (χ1v) is 9.62. The molecule has 2 aromatic carbocycles. The van der Waals surface area contributed by atoms with Crippen LogP contribution in [-0.4, -0.2) is 41.9 Å². The van der Waals surface area contributed by atoms with E-state index in [1.807, 2.05) is 0 Å². The summed E-state index contributed by atoms with van der Waals surface area (Å²) in [7, 11) is 1.63. The second-order valence-electron chi connectivity index (χ2n) is 6.85. The molecule has 0 bridgehead atoms. The Morgan fingerprint density at radius 1 is 1.13 bits per heavy atom. The standard InChI is InChI=1S/C20H15Cl2FN4O3/c1-26-9-13(18(28)24-15-7-2-10(21)8-14(15)22)16-17(26)19(29)27(20(30)25-16)12-5-3-11(23)4-6-12/h2-9,16-17H,1H3,(H,24,28)(H,25,30). The molecule has 0 aliphatic carbocycles. The predicted molar refractivity (Wildman–Crippen MR) is 111 cm³/mol. The summed E-state index contributed by atoms with van der Waals surface area (Å²) in [6, 6.07) is 7.24. The molecule has 7 nitrogen and oxygen atoms in total. The topological polar surface area (TPSA) is 81.8 Å². The van der Waals surface area contributed by atoms with Gasteiger partial charge in [0, 0.05) is 18.3 Å². The summed E-state index contributed by atoms with van der Waals surface area (Å²) in [6.07, 6.45) is 1.50. The van der Waals surface area contributed by atoms with Gasteiger partial charge in [-0.15, -0.1) is 0 Å². The molecule has 154 valence electrons. The maximum Gasteiger partial charge on any atom is 0.329 e. The Kier molecular flexibility index (Phi) is 5.13. The van der Waals surface area contributed by atoms with Crippen molar-refractivity contribution >= 4 is 52.4 Å². The Bertz CT molecular complexity index is 1090. The van der Waals surface area contributed by atoms with Gasteiger partial charge in [0.25, 0.3) is 11.8 Å². The van der Waals surface area contributed by atoms with Crippen molar-refractivity contribution in [3.8, 4) is 0 Å². The lowest BCUT2D eigenvalue weighted by atomic mass is 9.99. The maximum absolute atomic E-state index is 13.2. The lowest BCUT2D eigenvalue weighted by molar-refractivity contribution is -0.122. The molecule has 2 atom stereocenters. The average molecular weight is 449 g/mol. The fourth-order valence-corrected chi connectivity index (χ4v) is 3.96. The number of nitrogens with zero attached hydrogens (tertiary/aromatic N) is 2. The molecule has 2 aromatic rings. The summed E-state index contributed by atoms with van der Waals surface area (Å²) in [4.78, 5) is 41.0. The number of fused-ring (bicyclic) bond motifs is 1. The van der Waals surface area contributed by atoms with Crippen LogP contribution < -0.4 is 15.5 Å². The summed E-state index contributed by atoms with van der Waals surface area (Å²) < 4.78 is 13.2. The van der Waals surface area contributed by atoms with Crippen molar-refractivity contribution in [1.29, 1.82) is 0 Å². The van der Waals surface area contributed by atoms with Gasteiger partial charge in [-0.3, -0.25) is 9.59 Å². The number of halogens is 3. The number of rotatable bonds is 3. The summed E-state index contributed by atoms with van der Waals surface area (Å²) in [5, 5.41) is 6.04. The van der Waals surface area contributed by atoms with Gasteiger partial charge in [0.1, 0.15) is 11.9 Å². The highest BCUT2D eigenvalue weighted by Crippen LogP contribution is 2.31. The highest BCUT2D eigenvalue weighted by molar-refractivity contribution is 6.37. The van der Waals surface area contributed by atoms with Crippen LogP contribution in [0.3, 0.4) is 0 Å². The third-order valence-electron chi connectivity index (χ3n) is 4.91. The molecule has 0 spiro atoms. The third kappa shape index (κ3) is 3.48. The number of carbonyl (C=O) groups is 3. The first kappa shape index (κ1) is 20.2. The smallest absolute Gasteiger partial charge is 0.329 e. The molecular weight excluding hydrogens is 434 g/mol. The first-order chi connectivity index (χ1) is 14.3. The molecule has 2 heterocycles. The number of benzene rings is 2. The van der Waals surface area contributed by atoms with Crippen molar-refractivity contribution in [2.75, 3.05) is 17.3 Å². The summed E-state index contributed by atoms with van der Waals surface area (Å²) in [5.41, 5.74) is 0.782. The molecule has 2 aliphatic heterocycles. The molecular formula is C20H15Cl2FN4O3. The quantitative estimate of drug-likeness (QED) is 0.753. The molecule has 0 radical (unpaired) electrons. The number of hydrogen-bond donors (Lipinski definition) is 2. The largest absolute Gasteiger partial charge is 0.366 e. The van der Waals surface area contributed by atoms with E-state index in [-0.39, 0.29) is 16.3 Å². The summed E-state index contributed by atoms with van der Waals surface area (Å²) in [5.74, 6) is -1.52. The van der Waals surface area contributed by atoms with Crippen molar-refractivity contribution in [3.63, 3.8) is 0 Å². The van der Waals surface area contributed by atoms with E-state index < -0.39 is 35.7 Å². The molecule has 30 heavy (non-hydrogen) atoms. The Morgan fingerprint density at radius 3 is 2.50 bits per heavy atom. The number of urea groups is 1. The first-order valence-electron chi connectivity index (χ1n) is 8.86. The van der Waals surface area contributed by atoms with Gasteiger partial charge in [0.2, 0.25) is 0 Å². The van der Waals surface area contributed by atoms with Gasteiger partial charge in [-0.1, -0.05) is 23.2 Å². The molecule has 0 saturated carbocycles. The van der Waals surface area contributed by atoms with Crippen LogP contribution >= 0.6 is 23.2 Å². The van der Waals surface area contributed by atoms with E-state index in [1.54, 1.807) is 24.1 Å². The second-order valence-corrected chi connectivity index (χ2v) is 7.69. The zero-order chi connectivity index (χ0) is 21.6. The zero-order valence-electron chi connectivity index (χ0n) is 15.5. The van der Waals surface area contributed by atoms with E-state index in [4.69, 9.17) is 23.2 Å². The van der Waals surface area contributed by atoms with Crippen LogP contribution in [0.4, 0.5) is 20.6 Å². The number of anilines is 2. The molecule has 0 aromatic heterocycles. The summed E-state index contributed by atoms with van der Waals surface area (Å²) in [6.45, 7) is 0. The van der Waals surface area contributed by atoms with Crippen LogP contribution in [-0.2, 0) is 9.59 Å². The van der Waals surface area contributed by atoms with Gasteiger partial charge in [-0.25, -0.2) is 14.1 Å². The van der Waals surface area contributed by atoms with Crippen LogP contribution in [0, 0.1) is 5.82 Å². The average Bonchev–Trinajstić information content (AvgIpc) is 3.02. The second kappa shape index (κ2) is 7.62. The number of hydrogen-bond acceptors (Lipinski definition) is 4. The Balaban J connectivity index is 1.58. The molecule has 1 fully saturated rings. The zero-order valence-corrected chi connectivity index (χ0v) is 17.0. The number of imide groups is 1. The van der Waals surface area contributed by atoms with Crippen LogP contribution in [0.5, 0.6) is 0 Å². The molecule has 4 rings (SSSR count). The van der Waals surface area contributed by atoms with Gasteiger partial charge in [-0.2, -0.15) is 0 Å². The van der Waals surface area contributed by atoms with E-state index in [2.05, 4.69) is 10.6 Å². The van der Waals surface area contributed by atoms with Crippen molar-refractivity contribution in [2.45, 2.75) is 12.1 Å². The molecule has 1 saturated heterocycles. The van der Waals surface area contributed by atoms with Gasteiger partial charge < -0.3 is 15.5 Å². The highest BCUT2D eigenvalue weighted by atomic mass is 35.5. The molecule has 2 N–H and O–H groups in total. The van der Waals surface area contributed by atoms with Gasteiger partial charge in [0.15, 0.2) is 0 Å². The Labute approximate surface area is 181 Å². The van der Waals surface area contributed by atoms with Gasteiger partial charge in [-0.05, 0) is 42.5 Å². The van der Waals surface area contributed by atoms with Crippen LogP contribution in [0.1, 0.15) is 0 Å². The van der Waals surface area contributed by atoms with E-state index >= 15 is 0 Å². The van der Waals surface area contributed by atoms with Gasteiger partial charge >= 0.3 is 6.03 Å². The number of likely N-dealkylation sites (N-methyl/N-ethyl adjacent to an activating group) is 1. The molecule has 2 unspecified atom stereocenters. The fourth-order valence-electron chi connectivity index (χ4n) is 3.51. The van der Waals surface area contributed by atoms with E-state index in [1.165, 1.54) is 24.4 Å².